The highest BCUT2D eigenvalue weighted by molar-refractivity contribution is 7.94. The van der Waals surface area contributed by atoms with Crippen molar-refractivity contribution < 1.29 is 29.1 Å². The average Bonchev–Trinajstić information content (AvgIpc) is 3.57. The number of rotatable bonds is 34. The molecule has 0 saturated carbocycles. The maximum Gasteiger partial charge on any atom is 0.232 e. The van der Waals surface area contributed by atoms with Gasteiger partial charge < -0.3 is 20.2 Å². The molecule has 1 amide bonds. The van der Waals surface area contributed by atoms with E-state index in [2.05, 4.69) is 168 Å². The van der Waals surface area contributed by atoms with E-state index in [0.717, 1.165) is 84.7 Å². The molecule has 81 heavy (non-hydrogen) atoms. The van der Waals surface area contributed by atoms with Crippen LogP contribution in [-0.4, -0.2) is 67.3 Å². The minimum atomic E-state index is -0.500. The summed E-state index contributed by atoms with van der Waals surface area (Å²) in [5.41, 5.74) is 9.81. The van der Waals surface area contributed by atoms with E-state index in [9.17, 15) is 9.90 Å². The van der Waals surface area contributed by atoms with Crippen molar-refractivity contribution in [3.63, 3.8) is 0 Å². The molecule has 1 aliphatic carbocycles. The monoisotopic (exact) mass is 1120 g/mol. The number of hydrogen-bond acceptors (Lipinski definition) is 10. The first-order valence-corrected chi connectivity index (χ1v) is 31.2. The third-order valence-electron chi connectivity index (χ3n) is 15.4. The Labute approximate surface area is 491 Å². The van der Waals surface area contributed by atoms with E-state index in [1.54, 1.807) is 24.3 Å². The van der Waals surface area contributed by atoms with Crippen LogP contribution in [0.3, 0.4) is 0 Å². The van der Waals surface area contributed by atoms with Gasteiger partial charge in [-0.1, -0.05) is 175 Å². The fourth-order valence-corrected chi connectivity index (χ4v) is 11.0. The SMILES string of the molecule is CCCCCCCCCCCCCCCCCCNC(=O)C(C)(C)C[N+](CC)=C1C=CC(=C(c2ccc(N(CC)CC)cc2)c2ccc(N(CC)CC)cc2)C=C1.Cc1cc(SOOO)ccc1N=Nc1c([O-])ccc2ccccc12. The molecule has 0 bridgehead atoms. The number of allylic oxidation sites excluding steroid dienone is 5. The number of benzene rings is 5. The van der Waals surface area contributed by atoms with E-state index >= 15 is 0 Å². The number of amides is 1. The zero-order valence-electron chi connectivity index (χ0n) is 50.6. The van der Waals surface area contributed by atoms with Crippen molar-refractivity contribution in [2.24, 2.45) is 15.6 Å². The van der Waals surface area contributed by atoms with Crippen LogP contribution in [0.1, 0.15) is 175 Å². The van der Waals surface area contributed by atoms with Gasteiger partial charge >= 0.3 is 0 Å². The van der Waals surface area contributed by atoms with Gasteiger partial charge in [-0.05, 0) is 150 Å². The molecule has 0 aliphatic heterocycles. The summed E-state index contributed by atoms with van der Waals surface area (Å²) in [6.45, 7) is 25.6. The quantitative estimate of drug-likeness (QED) is 0.0104. The van der Waals surface area contributed by atoms with Gasteiger partial charge in [0.2, 0.25) is 5.91 Å². The summed E-state index contributed by atoms with van der Waals surface area (Å²) >= 11 is 0.868. The fourth-order valence-electron chi connectivity index (χ4n) is 10.5. The van der Waals surface area contributed by atoms with Crippen LogP contribution in [0.4, 0.5) is 22.7 Å². The number of nitrogens with one attached hydrogen (secondary N) is 1. The van der Waals surface area contributed by atoms with Crippen molar-refractivity contribution in [3.05, 3.63) is 150 Å². The summed E-state index contributed by atoms with van der Waals surface area (Å²) in [5.74, 6) is -0.0220. The lowest BCUT2D eigenvalue weighted by atomic mass is 9.89. The summed E-state index contributed by atoms with van der Waals surface area (Å²) in [7, 11) is 0. The van der Waals surface area contributed by atoms with Gasteiger partial charge in [0, 0.05) is 66.5 Å². The van der Waals surface area contributed by atoms with E-state index in [1.807, 2.05) is 31.2 Å². The number of nitrogens with zero attached hydrogens (tertiary/aromatic N) is 5. The van der Waals surface area contributed by atoms with Gasteiger partial charge in [-0.15, -0.1) is 4.33 Å². The van der Waals surface area contributed by atoms with Gasteiger partial charge in [0.15, 0.2) is 12.3 Å². The Kier molecular flexibility index (Phi) is 29.6. The number of carbonyl (C=O) groups is 1. The zero-order valence-corrected chi connectivity index (χ0v) is 51.4. The van der Waals surface area contributed by atoms with Crippen molar-refractivity contribution >= 4 is 62.8 Å². The average molecular weight is 1120 g/mol. The second-order valence-electron chi connectivity index (χ2n) is 21.8. The predicted molar refractivity (Wildman–Crippen MR) is 341 cm³/mol. The summed E-state index contributed by atoms with van der Waals surface area (Å²) < 4.78 is 6.73. The van der Waals surface area contributed by atoms with E-state index in [4.69, 9.17) is 5.26 Å². The minimum Gasteiger partial charge on any atom is -0.871 e. The molecule has 0 spiro atoms. The lowest BCUT2D eigenvalue weighted by Crippen LogP contribution is -2.43. The van der Waals surface area contributed by atoms with Crippen LogP contribution in [0.5, 0.6) is 5.75 Å². The van der Waals surface area contributed by atoms with Crippen molar-refractivity contribution in [2.45, 2.75) is 170 Å². The molecule has 0 atom stereocenters. The molecule has 0 saturated heterocycles. The number of aryl methyl sites for hydroxylation is 1. The number of unbranched alkanes of at least 4 members (excludes halogenated alkanes) is 15. The van der Waals surface area contributed by atoms with Crippen molar-refractivity contribution in [1.29, 1.82) is 0 Å². The van der Waals surface area contributed by atoms with Gasteiger partial charge in [-0.25, -0.2) is 9.83 Å². The molecule has 438 valence electrons. The Hall–Kier alpha value is -6.05. The van der Waals surface area contributed by atoms with Gasteiger partial charge in [0.25, 0.3) is 0 Å². The number of anilines is 2. The van der Waals surface area contributed by atoms with E-state index in [1.165, 1.54) is 136 Å². The molecule has 1 aliphatic rings. The molecule has 5 aromatic carbocycles. The number of carbonyl (C=O) groups excluding carboxylic acids is 1. The van der Waals surface area contributed by atoms with Crippen LogP contribution in [0.2, 0.25) is 0 Å². The third-order valence-corrected chi connectivity index (χ3v) is 16.0. The van der Waals surface area contributed by atoms with Gasteiger partial charge in [-0.2, -0.15) is 10.2 Å². The van der Waals surface area contributed by atoms with Gasteiger partial charge in [0.05, 0.1) is 23.4 Å². The largest absolute Gasteiger partial charge is 0.871 e. The number of hydrogen-bond donors (Lipinski definition) is 2. The van der Waals surface area contributed by atoms with Crippen LogP contribution in [0, 0.1) is 12.3 Å². The maximum absolute atomic E-state index is 13.4. The molecule has 0 unspecified atom stereocenters. The molecule has 12 heteroatoms. The second kappa shape index (κ2) is 36.4. The molecular formula is C69H96N6O5S. The summed E-state index contributed by atoms with van der Waals surface area (Å²) in [5, 5.41) is 37.2. The van der Waals surface area contributed by atoms with Crippen molar-refractivity contribution in [1.82, 2.24) is 5.32 Å². The highest BCUT2D eigenvalue weighted by Gasteiger charge is 2.33. The van der Waals surface area contributed by atoms with E-state index in [0.29, 0.717) is 17.9 Å². The summed E-state index contributed by atoms with van der Waals surface area (Å²) in [6, 6.07) is 34.2. The lowest BCUT2D eigenvalue weighted by Gasteiger charge is -2.23. The third kappa shape index (κ3) is 21.3. The van der Waals surface area contributed by atoms with Crippen LogP contribution in [0.15, 0.2) is 148 Å². The van der Waals surface area contributed by atoms with Crippen LogP contribution >= 0.6 is 12.0 Å². The molecule has 2 N–H and O–H groups in total. The molecular weight excluding hydrogens is 1020 g/mol. The van der Waals surface area contributed by atoms with E-state index < -0.39 is 5.41 Å². The van der Waals surface area contributed by atoms with Crippen LogP contribution in [0.25, 0.3) is 16.3 Å². The summed E-state index contributed by atoms with van der Waals surface area (Å²) in [4.78, 5) is 18.9. The first-order chi connectivity index (χ1) is 39.4. The second-order valence-corrected chi connectivity index (χ2v) is 22.6. The molecule has 0 heterocycles. The number of fused-ring (bicyclic) bond motifs is 1. The smallest absolute Gasteiger partial charge is 0.232 e. The Morgan fingerprint density at radius 1 is 0.642 bits per heavy atom. The first kappa shape index (κ1) is 65.8. The Morgan fingerprint density at radius 3 is 1.65 bits per heavy atom. The molecule has 11 nitrogen and oxygen atoms in total. The Bertz CT molecular complexity index is 2740. The molecule has 0 aromatic heterocycles. The maximum atomic E-state index is 13.4. The predicted octanol–water partition coefficient (Wildman–Crippen LogP) is 18.2. The van der Waals surface area contributed by atoms with Gasteiger partial charge in [-0.3, -0.25) is 4.79 Å². The highest BCUT2D eigenvalue weighted by Crippen LogP contribution is 2.36. The number of azo groups is 1. The first-order valence-electron chi connectivity index (χ1n) is 30.5. The minimum absolute atomic E-state index is 0.149. The normalized spacial score (nSPS) is 12.3. The Morgan fingerprint density at radius 2 is 1.16 bits per heavy atom. The fraction of sp³-hybridized carbons (Fsp3) is 0.478. The van der Waals surface area contributed by atoms with E-state index in [-0.39, 0.29) is 11.7 Å². The molecule has 6 rings (SSSR count). The zero-order chi connectivity index (χ0) is 58.2. The Balaban J connectivity index is 0.000000413. The standard InChI is InChI=1S/C52H82N4O.C17H14N2O4S/c1-9-15-16-17-18-19-20-21-22-23-24-25-26-27-28-29-42-53-51(57)52(7,8)43-56(14-6)49-40-34-46(35-41-49)50(44-30-36-47(37-31-44)54(10-2)11-3)45-32-38-48(39-33-45)55(12-4)13-5;1-11-10-13(24-23-22-21)7-8-15(11)18-19-17-14-5-3-2-4-12(14)6-9-16(17)20/h30-41H,9-29,42-43H2,1-8H3;2-10,20-21H,1H3. The van der Waals surface area contributed by atoms with Crippen LogP contribution in [-0.2, 0) is 14.2 Å². The molecule has 5 aromatic rings. The van der Waals surface area contributed by atoms with Crippen LogP contribution < -0.4 is 20.2 Å². The topological polar surface area (TPSA) is 125 Å². The molecule has 0 radical (unpaired) electrons. The van der Waals surface area contributed by atoms with Crippen molar-refractivity contribution in [2.75, 3.05) is 55.6 Å². The molecule has 0 fully saturated rings. The summed E-state index contributed by atoms with van der Waals surface area (Å²) in [6.07, 6.45) is 30.7. The van der Waals surface area contributed by atoms with Crippen molar-refractivity contribution in [3.8, 4) is 5.75 Å². The van der Waals surface area contributed by atoms with Gasteiger partial charge in [0.1, 0.15) is 12.0 Å². The lowest BCUT2D eigenvalue weighted by molar-refractivity contribution is -0.533. The highest BCUT2D eigenvalue weighted by atomic mass is 32.2.